The normalized spacial score (nSPS) is 10.6. The Balaban J connectivity index is 1.37. The molecular weight excluding hydrogens is 444 g/mol. The standard InChI is InChI=1S/C22H18N6O4S/c1-32-20-5-3-2-4-19(20)27-22(24-25-26-27)33-14-21(29)23-17-10-6-15(7-11-17)16-8-12-18(13-9-16)28(30)31/h2-13H,14H2,1H3,(H,23,29). The Labute approximate surface area is 192 Å². The molecular formula is C22H18N6O4S. The molecule has 0 aliphatic carbocycles. The second-order valence-electron chi connectivity index (χ2n) is 6.76. The molecule has 4 rings (SSSR count). The number of methoxy groups -OCH3 is 1. The van der Waals surface area contributed by atoms with E-state index in [2.05, 4.69) is 20.8 Å². The van der Waals surface area contributed by atoms with Gasteiger partial charge in [-0.3, -0.25) is 14.9 Å². The Bertz CT molecular complexity index is 1270. The quantitative estimate of drug-likeness (QED) is 0.237. The van der Waals surface area contributed by atoms with Crippen LogP contribution in [0.25, 0.3) is 16.8 Å². The van der Waals surface area contributed by atoms with E-state index in [0.29, 0.717) is 22.3 Å². The lowest BCUT2D eigenvalue weighted by Gasteiger charge is -2.09. The maximum Gasteiger partial charge on any atom is 0.269 e. The van der Waals surface area contributed by atoms with Crippen molar-refractivity contribution >= 4 is 29.0 Å². The fourth-order valence-electron chi connectivity index (χ4n) is 3.07. The molecule has 3 aromatic carbocycles. The molecule has 0 aliphatic rings. The molecule has 11 heteroatoms. The number of nitro groups is 1. The highest BCUT2D eigenvalue weighted by molar-refractivity contribution is 7.99. The number of para-hydroxylation sites is 2. The van der Waals surface area contributed by atoms with Crippen molar-refractivity contribution in [2.24, 2.45) is 0 Å². The monoisotopic (exact) mass is 462 g/mol. The summed E-state index contributed by atoms with van der Waals surface area (Å²) in [5, 5.41) is 25.8. The minimum atomic E-state index is -0.435. The fraction of sp³-hybridized carbons (Fsp3) is 0.0909. The molecule has 4 aromatic rings. The van der Waals surface area contributed by atoms with Crippen molar-refractivity contribution in [1.29, 1.82) is 0 Å². The highest BCUT2D eigenvalue weighted by atomic mass is 32.2. The van der Waals surface area contributed by atoms with Gasteiger partial charge in [-0.25, -0.2) is 0 Å². The number of nitro benzene ring substituents is 1. The van der Waals surface area contributed by atoms with Gasteiger partial charge in [0.15, 0.2) is 0 Å². The molecule has 0 saturated carbocycles. The van der Waals surface area contributed by atoms with Crippen LogP contribution in [0.1, 0.15) is 0 Å². The minimum Gasteiger partial charge on any atom is -0.494 e. The van der Waals surface area contributed by atoms with Gasteiger partial charge >= 0.3 is 0 Å². The Morgan fingerprint density at radius 3 is 2.39 bits per heavy atom. The Hall–Kier alpha value is -4.25. The predicted molar refractivity (Wildman–Crippen MR) is 124 cm³/mol. The van der Waals surface area contributed by atoms with E-state index >= 15 is 0 Å². The zero-order chi connectivity index (χ0) is 23.2. The van der Waals surface area contributed by atoms with Crippen LogP contribution in [0.5, 0.6) is 5.75 Å². The van der Waals surface area contributed by atoms with Crippen molar-refractivity contribution in [2.75, 3.05) is 18.2 Å². The molecule has 10 nitrogen and oxygen atoms in total. The van der Waals surface area contributed by atoms with Crippen molar-refractivity contribution in [3.8, 4) is 22.6 Å². The zero-order valence-electron chi connectivity index (χ0n) is 17.4. The molecule has 0 unspecified atom stereocenters. The van der Waals surface area contributed by atoms with E-state index < -0.39 is 4.92 Å². The van der Waals surface area contributed by atoms with Crippen molar-refractivity contribution in [2.45, 2.75) is 5.16 Å². The molecule has 1 amide bonds. The van der Waals surface area contributed by atoms with Crippen LogP contribution in [-0.2, 0) is 4.79 Å². The van der Waals surface area contributed by atoms with Crippen LogP contribution in [0.3, 0.4) is 0 Å². The third-order valence-electron chi connectivity index (χ3n) is 4.67. The fourth-order valence-corrected chi connectivity index (χ4v) is 3.76. The molecule has 0 atom stereocenters. The summed E-state index contributed by atoms with van der Waals surface area (Å²) >= 11 is 1.20. The molecule has 0 bridgehead atoms. The lowest BCUT2D eigenvalue weighted by atomic mass is 10.1. The van der Waals surface area contributed by atoms with Crippen molar-refractivity contribution in [1.82, 2.24) is 20.2 Å². The molecule has 1 N–H and O–H groups in total. The summed E-state index contributed by atoms with van der Waals surface area (Å²) in [4.78, 5) is 22.8. The third kappa shape index (κ3) is 5.15. The summed E-state index contributed by atoms with van der Waals surface area (Å²) in [6.07, 6.45) is 0. The average molecular weight is 462 g/mol. The van der Waals surface area contributed by atoms with Gasteiger partial charge < -0.3 is 10.1 Å². The number of non-ortho nitro benzene ring substituents is 1. The number of amides is 1. The van der Waals surface area contributed by atoms with Crippen LogP contribution in [0.2, 0.25) is 0 Å². The first-order valence-electron chi connectivity index (χ1n) is 9.74. The van der Waals surface area contributed by atoms with Gasteiger partial charge in [0, 0.05) is 17.8 Å². The average Bonchev–Trinajstić information content (AvgIpc) is 3.32. The van der Waals surface area contributed by atoms with Crippen LogP contribution in [0.4, 0.5) is 11.4 Å². The largest absolute Gasteiger partial charge is 0.494 e. The smallest absolute Gasteiger partial charge is 0.269 e. The molecule has 0 aliphatic heterocycles. The van der Waals surface area contributed by atoms with E-state index in [1.54, 1.807) is 37.4 Å². The summed E-state index contributed by atoms with van der Waals surface area (Å²) in [7, 11) is 1.57. The Morgan fingerprint density at radius 2 is 1.73 bits per heavy atom. The zero-order valence-corrected chi connectivity index (χ0v) is 18.2. The van der Waals surface area contributed by atoms with E-state index in [-0.39, 0.29) is 17.3 Å². The Kier molecular flexibility index (Phi) is 6.60. The number of hydrogen-bond acceptors (Lipinski definition) is 8. The van der Waals surface area contributed by atoms with Gasteiger partial charge in [-0.05, 0) is 58.0 Å². The number of thioether (sulfide) groups is 1. The topological polar surface area (TPSA) is 125 Å². The van der Waals surface area contributed by atoms with E-state index in [1.165, 1.54) is 28.6 Å². The molecule has 0 radical (unpaired) electrons. The summed E-state index contributed by atoms with van der Waals surface area (Å²) in [5.74, 6) is 0.515. The van der Waals surface area contributed by atoms with Gasteiger partial charge in [-0.1, -0.05) is 36.0 Å². The van der Waals surface area contributed by atoms with Crippen molar-refractivity contribution < 1.29 is 14.5 Å². The van der Waals surface area contributed by atoms with Gasteiger partial charge in [0.2, 0.25) is 11.1 Å². The molecule has 166 valence electrons. The van der Waals surface area contributed by atoms with Gasteiger partial charge in [0.1, 0.15) is 11.4 Å². The maximum absolute atomic E-state index is 12.4. The third-order valence-corrected chi connectivity index (χ3v) is 5.59. The van der Waals surface area contributed by atoms with Crippen LogP contribution in [0.15, 0.2) is 78.0 Å². The SMILES string of the molecule is COc1ccccc1-n1nnnc1SCC(=O)Nc1ccc(-c2ccc([N+](=O)[O-])cc2)cc1. The van der Waals surface area contributed by atoms with Gasteiger partial charge in [0.25, 0.3) is 5.69 Å². The Morgan fingerprint density at radius 1 is 1.06 bits per heavy atom. The van der Waals surface area contributed by atoms with Gasteiger partial charge in [-0.2, -0.15) is 4.68 Å². The number of aromatic nitrogens is 4. The van der Waals surface area contributed by atoms with Crippen molar-refractivity contribution in [3.63, 3.8) is 0 Å². The number of hydrogen-bond donors (Lipinski definition) is 1. The first kappa shape index (κ1) is 22.0. The van der Waals surface area contributed by atoms with Crippen LogP contribution in [0, 0.1) is 10.1 Å². The highest BCUT2D eigenvalue weighted by Crippen LogP contribution is 2.26. The molecule has 0 saturated heterocycles. The first-order chi connectivity index (χ1) is 16.0. The van der Waals surface area contributed by atoms with Gasteiger partial charge in [0.05, 0.1) is 17.8 Å². The molecule has 1 aromatic heterocycles. The van der Waals surface area contributed by atoms with E-state index in [1.807, 2.05) is 30.3 Å². The molecule has 33 heavy (non-hydrogen) atoms. The van der Waals surface area contributed by atoms with Crippen LogP contribution in [-0.4, -0.2) is 43.9 Å². The lowest BCUT2D eigenvalue weighted by Crippen LogP contribution is -2.14. The summed E-state index contributed by atoms with van der Waals surface area (Å²) in [6.45, 7) is 0. The van der Waals surface area contributed by atoms with Gasteiger partial charge in [-0.15, -0.1) is 5.10 Å². The summed E-state index contributed by atoms with van der Waals surface area (Å²) < 4.78 is 6.88. The number of carbonyl (C=O) groups excluding carboxylic acids is 1. The maximum atomic E-state index is 12.4. The first-order valence-corrected chi connectivity index (χ1v) is 10.7. The van der Waals surface area contributed by atoms with Crippen LogP contribution < -0.4 is 10.1 Å². The number of ether oxygens (including phenoxy) is 1. The number of tetrazole rings is 1. The van der Waals surface area contributed by atoms with E-state index in [9.17, 15) is 14.9 Å². The number of anilines is 1. The predicted octanol–water partition coefficient (Wildman–Crippen LogP) is 3.98. The van der Waals surface area contributed by atoms with Crippen molar-refractivity contribution in [3.05, 3.63) is 82.9 Å². The van der Waals surface area contributed by atoms with E-state index in [4.69, 9.17) is 4.74 Å². The number of benzene rings is 3. The second-order valence-corrected chi connectivity index (χ2v) is 7.71. The molecule has 0 fully saturated rings. The lowest BCUT2D eigenvalue weighted by molar-refractivity contribution is -0.384. The molecule has 0 spiro atoms. The molecule has 1 heterocycles. The number of carbonyl (C=O) groups is 1. The second kappa shape index (κ2) is 9.92. The van der Waals surface area contributed by atoms with Crippen LogP contribution >= 0.6 is 11.8 Å². The van der Waals surface area contributed by atoms with E-state index in [0.717, 1.165) is 11.1 Å². The minimum absolute atomic E-state index is 0.0388. The number of rotatable bonds is 8. The number of nitrogens with one attached hydrogen (secondary N) is 1. The number of nitrogens with zero attached hydrogens (tertiary/aromatic N) is 5. The summed E-state index contributed by atoms with van der Waals surface area (Å²) in [5.41, 5.74) is 3.08. The summed E-state index contributed by atoms with van der Waals surface area (Å²) in [6, 6.07) is 20.9. The highest BCUT2D eigenvalue weighted by Gasteiger charge is 2.15.